The van der Waals surface area contributed by atoms with E-state index >= 15 is 0 Å². The summed E-state index contributed by atoms with van der Waals surface area (Å²) in [6.07, 6.45) is -4.27. The number of phosphoric ester groups is 1. The Kier molecular flexibility index (Phi) is 6.72. The van der Waals surface area contributed by atoms with Gasteiger partial charge in [0.25, 0.3) is 0 Å². The number of nitrogens with two attached hydrogens (primary N) is 1. The van der Waals surface area contributed by atoms with E-state index in [2.05, 4.69) is 9.51 Å². The van der Waals surface area contributed by atoms with Crippen LogP contribution in [-0.2, 0) is 13.8 Å². The zero-order chi connectivity index (χ0) is 15.8. The van der Waals surface area contributed by atoms with E-state index < -0.39 is 44.7 Å². The van der Waals surface area contributed by atoms with Crippen molar-refractivity contribution in [3.8, 4) is 0 Å². The van der Waals surface area contributed by atoms with Crippen LogP contribution in [0.2, 0.25) is 0 Å². The van der Waals surface area contributed by atoms with Crippen LogP contribution in [0.1, 0.15) is 6.23 Å². The molecule has 0 aliphatic carbocycles. The van der Waals surface area contributed by atoms with Crippen LogP contribution < -0.4 is 11.4 Å². The molecule has 2 heterocycles. The van der Waals surface area contributed by atoms with E-state index in [0.717, 1.165) is 4.57 Å². The van der Waals surface area contributed by atoms with Crippen molar-refractivity contribution in [1.29, 1.82) is 0 Å². The number of aliphatic hydroxyl groups excluding tert-OH is 2. The molecule has 0 spiro atoms. The fourth-order valence-electron chi connectivity index (χ4n) is 1.89. The van der Waals surface area contributed by atoms with Gasteiger partial charge < -0.3 is 30.5 Å². The van der Waals surface area contributed by atoms with E-state index in [1.807, 2.05) is 0 Å². The predicted octanol–water partition coefficient (Wildman–Crippen LogP) is -3.09. The van der Waals surface area contributed by atoms with Crippen LogP contribution >= 0.6 is 7.82 Å². The monoisotopic (exact) mass is 347 g/mol. The molecule has 4 atom stereocenters. The molecule has 1 aliphatic rings. The normalized spacial score (nSPS) is 28.4. The first-order valence-electron chi connectivity index (χ1n) is 5.75. The number of hydrogen-bond acceptors (Lipinski definition) is 8. The van der Waals surface area contributed by atoms with Gasteiger partial charge in [-0.3, -0.25) is 9.09 Å². The second kappa shape index (κ2) is 7.49. The first-order valence-corrected chi connectivity index (χ1v) is 7.28. The summed E-state index contributed by atoms with van der Waals surface area (Å²) in [4.78, 5) is 32.3. The Labute approximate surface area is 146 Å². The van der Waals surface area contributed by atoms with E-state index in [-0.39, 0.29) is 35.4 Å². The van der Waals surface area contributed by atoms with E-state index in [1.54, 1.807) is 0 Å². The number of anilines is 1. The molecule has 0 saturated carbocycles. The maximum atomic E-state index is 11.6. The summed E-state index contributed by atoms with van der Waals surface area (Å²) in [6.45, 7) is -0.657. The number of rotatable bonds is 4. The van der Waals surface area contributed by atoms with Gasteiger partial charge in [0.15, 0.2) is 6.23 Å². The number of ether oxygens (including phenoxy) is 1. The van der Waals surface area contributed by atoms with Crippen LogP contribution in [-0.4, -0.2) is 84.0 Å². The van der Waals surface area contributed by atoms with Gasteiger partial charge >= 0.3 is 43.1 Å². The third kappa shape index (κ3) is 4.59. The van der Waals surface area contributed by atoms with Crippen LogP contribution in [0.3, 0.4) is 0 Å². The Bertz CT molecular complexity index is 621. The number of hydrogen-bond donors (Lipinski definition) is 5. The summed E-state index contributed by atoms with van der Waals surface area (Å²) in [7, 11) is -4.74. The average Bonchev–Trinajstić information content (AvgIpc) is 2.64. The molecule has 13 heteroatoms. The van der Waals surface area contributed by atoms with Crippen molar-refractivity contribution < 1.29 is 33.8 Å². The predicted molar refractivity (Wildman–Crippen MR) is 74.0 cm³/mol. The minimum atomic E-state index is -4.74. The molecule has 1 aromatic rings. The summed E-state index contributed by atoms with van der Waals surface area (Å²) in [5.41, 5.74) is 4.52. The van der Waals surface area contributed by atoms with E-state index in [1.165, 1.54) is 12.3 Å². The molecule has 0 aromatic carbocycles. The van der Waals surface area contributed by atoms with Gasteiger partial charge in [-0.05, 0) is 6.07 Å². The van der Waals surface area contributed by atoms with Crippen LogP contribution in [0.5, 0.6) is 0 Å². The molecule has 120 valence electrons. The number of phosphoric acid groups is 1. The molecule has 6 N–H and O–H groups in total. The molecule has 2 rings (SSSR count). The number of nitrogens with zero attached hydrogens (tertiary/aromatic N) is 2. The molecule has 11 nitrogen and oxygen atoms in total. The second-order valence-corrected chi connectivity index (χ2v) is 5.61. The van der Waals surface area contributed by atoms with Gasteiger partial charge in [-0.25, -0.2) is 9.36 Å². The average molecular weight is 347 g/mol. The molecule has 1 fully saturated rings. The van der Waals surface area contributed by atoms with Crippen molar-refractivity contribution in [3.63, 3.8) is 0 Å². The quantitative estimate of drug-likeness (QED) is 0.277. The van der Waals surface area contributed by atoms with Gasteiger partial charge in [-0.2, -0.15) is 4.98 Å². The molecule has 1 aromatic heterocycles. The van der Waals surface area contributed by atoms with Crippen molar-refractivity contribution in [2.75, 3.05) is 12.3 Å². The van der Waals surface area contributed by atoms with Crippen molar-refractivity contribution in [3.05, 3.63) is 22.7 Å². The third-order valence-electron chi connectivity index (χ3n) is 2.87. The van der Waals surface area contributed by atoms with E-state index in [4.69, 9.17) is 20.3 Å². The molecule has 0 bridgehead atoms. The van der Waals surface area contributed by atoms with Crippen molar-refractivity contribution in [1.82, 2.24) is 9.55 Å². The molecule has 1 saturated heterocycles. The number of aliphatic hydroxyl groups is 2. The van der Waals surface area contributed by atoms with Crippen LogP contribution in [0.4, 0.5) is 5.82 Å². The SMILES string of the molecule is Nc1ccn([C@H]2O[C@H](COP(=O)(O)O)[C@@H](O)[C@H]2O)c(=O)n1.[NaH]. The van der Waals surface area contributed by atoms with Gasteiger partial charge in [0.05, 0.1) is 6.61 Å². The summed E-state index contributed by atoms with van der Waals surface area (Å²) >= 11 is 0. The van der Waals surface area contributed by atoms with Crippen LogP contribution in [0, 0.1) is 0 Å². The van der Waals surface area contributed by atoms with E-state index in [9.17, 15) is 19.6 Å². The van der Waals surface area contributed by atoms with Crippen LogP contribution in [0.15, 0.2) is 17.1 Å². The molecule has 0 amide bonds. The maximum absolute atomic E-state index is 11.6. The van der Waals surface area contributed by atoms with Crippen LogP contribution in [0.25, 0.3) is 0 Å². The summed E-state index contributed by atoms with van der Waals surface area (Å²) in [6, 6.07) is 1.29. The first kappa shape index (κ1) is 19.7. The summed E-state index contributed by atoms with van der Waals surface area (Å²) in [5.74, 6) is -0.0225. The Morgan fingerprint density at radius 3 is 2.59 bits per heavy atom. The van der Waals surface area contributed by atoms with Crippen molar-refractivity contribution in [2.45, 2.75) is 24.5 Å². The molecule has 1 aliphatic heterocycles. The van der Waals surface area contributed by atoms with Gasteiger partial charge in [-0.1, -0.05) is 0 Å². The van der Waals surface area contributed by atoms with E-state index in [0.29, 0.717) is 0 Å². The molecule has 0 unspecified atom stereocenters. The zero-order valence-electron chi connectivity index (χ0n) is 10.5. The molecular weight excluding hydrogens is 332 g/mol. The van der Waals surface area contributed by atoms with Gasteiger partial charge in [0, 0.05) is 6.20 Å². The fourth-order valence-corrected chi connectivity index (χ4v) is 2.23. The van der Waals surface area contributed by atoms with Gasteiger partial charge in [0.2, 0.25) is 0 Å². The Balaban J connectivity index is 0.00000242. The second-order valence-electron chi connectivity index (χ2n) is 4.37. The Morgan fingerprint density at radius 1 is 1.41 bits per heavy atom. The third-order valence-corrected chi connectivity index (χ3v) is 3.36. The Morgan fingerprint density at radius 2 is 2.05 bits per heavy atom. The number of aromatic nitrogens is 2. The molecule has 0 radical (unpaired) electrons. The topological polar surface area (TPSA) is 177 Å². The van der Waals surface area contributed by atoms with Crippen molar-refractivity contribution >= 4 is 43.2 Å². The molecule has 22 heavy (non-hydrogen) atoms. The number of nitrogen functional groups attached to an aromatic ring is 1. The van der Waals surface area contributed by atoms with Gasteiger partial charge in [-0.15, -0.1) is 0 Å². The van der Waals surface area contributed by atoms with Crippen molar-refractivity contribution in [2.24, 2.45) is 0 Å². The minimum absolute atomic E-state index is 0. The summed E-state index contributed by atoms with van der Waals surface area (Å²) < 4.78 is 20.9. The molecular formula is C9H15N3NaO8P. The standard InChI is InChI=1S/C9H14N3O8P.Na.H/c10-5-1-2-12(9(15)11-5)8-7(14)6(13)4(20-8)3-19-21(16,17)18;;/h1-2,4,6-8,13-14H,3H2,(H2,10,11,15)(H2,16,17,18);;/t4-,6-,7-,8+;;/m1../s1. The zero-order valence-corrected chi connectivity index (χ0v) is 11.4. The Hall–Kier alpha value is -0.330. The summed E-state index contributed by atoms with van der Waals surface area (Å²) in [5, 5.41) is 19.6. The first-order chi connectivity index (χ1) is 9.69. The fraction of sp³-hybridized carbons (Fsp3) is 0.556. The van der Waals surface area contributed by atoms with Gasteiger partial charge in [0.1, 0.15) is 24.1 Å².